The van der Waals surface area contributed by atoms with Crippen LogP contribution in [0.25, 0.3) is 0 Å². The Kier molecular flexibility index (Phi) is 9.27. The summed E-state index contributed by atoms with van der Waals surface area (Å²) in [5, 5.41) is 17.3. The Morgan fingerprint density at radius 3 is 1.00 bits per heavy atom. The molecule has 0 aromatic heterocycles. The van der Waals surface area contributed by atoms with Gasteiger partial charge in [-0.05, 0) is 51.4 Å². The van der Waals surface area contributed by atoms with Crippen molar-refractivity contribution >= 4 is 17.2 Å². The van der Waals surface area contributed by atoms with Crippen molar-refractivity contribution in [2.75, 3.05) is 26.4 Å². The summed E-state index contributed by atoms with van der Waals surface area (Å²) in [6, 6.07) is 0. The Morgan fingerprint density at radius 2 is 0.828 bits per heavy atom. The molecule has 0 spiro atoms. The smallest absolute Gasteiger partial charge is 0.327 e. The molecule has 4 rings (SSSR count). The van der Waals surface area contributed by atoms with E-state index >= 15 is 0 Å². The molecule has 4 saturated carbocycles. The van der Waals surface area contributed by atoms with Gasteiger partial charge < -0.3 is 48.3 Å². The Balaban J connectivity index is 0.000000200. The third-order valence-electron chi connectivity index (χ3n) is 5.93. The fourth-order valence-corrected chi connectivity index (χ4v) is 5.29. The normalized spacial score (nSPS) is 25.7. The number of aliphatic hydroxyl groups is 2. The molecule has 4 aliphatic carbocycles. The molecule has 0 aromatic rings. The molecule has 6 N–H and O–H groups in total. The zero-order valence-electron chi connectivity index (χ0n) is 16.0. The summed E-state index contributed by atoms with van der Waals surface area (Å²) in [4.78, 5) is 35.4. The maximum atomic E-state index is 8.84. The number of hydrogen-bond acceptors (Lipinski definition) is 10. The van der Waals surface area contributed by atoms with Crippen LogP contribution in [0.2, 0.25) is 0 Å². The molecule has 0 aliphatic heterocycles. The second-order valence-corrected chi connectivity index (χ2v) is 9.19. The van der Waals surface area contributed by atoms with Gasteiger partial charge >= 0.3 is 17.2 Å². The minimum absolute atomic E-state index is 0. The van der Waals surface area contributed by atoms with Crippen molar-refractivity contribution in [2.45, 2.75) is 73.8 Å². The second kappa shape index (κ2) is 10.3. The summed E-state index contributed by atoms with van der Waals surface area (Å²) >= 11 is 0. The third-order valence-corrected chi connectivity index (χ3v) is 6.95. The molecule has 29 heavy (non-hydrogen) atoms. The molecule has 10 nitrogen and oxygen atoms in total. The van der Waals surface area contributed by atoms with Crippen molar-refractivity contribution in [1.82, 2.24) is 0 Å². The average molecular weight is 503 g/mol. The number of ether oxygens (including phenoxy) is 2. The van der Waals surface area contributed by atoms with E-state index < -0.39 is 28.4 Å². The van der Waals surface area contributed by atoms with E-state index in [-0.39, 0.29) is 40.9 Å². The van der Waals surface area contributed by atoms with Crippen molar-refractivity contribution in [3.05, 3.63) is 0 Å². The predicted octanol–water partition coefficient (Wildman–Crippen LogP) is 0.575. The van der Waals surface area contributed by atoms with E-state index in [1.54, 1.807) is 0 Å². The minimum atomic E-state index is -2.31. The van der Waals surface area contributed by atoms with E-state index in [0.717, 1.165) is 51.4 Å². The molecular formula is C16H30NiO10P2. The van der Waals surface area contributed by atoms with Gasteiger partial charge in [0.25, 0.3) is 0 Å². The van der Waals surface area contributed by atoms with E-state index in [1.165, 1.54) is 0 Å². The second-order valence-electron chi connectivity index (χ2n) is 7.81. The van der Waals surface area contributed by atoms with Gasteiger partial charge in [0.2, 0.25) is 0 Å². The largest absolute Gasteiger partial charge is 0.394 e. The van der Waals surface area contributed by atoms with Crippen LogP contribution in [0.3, 0.4) is 0 Å². The Hall–Kier alpha value is 0.954. The first-order valence-corrected chi connectivity index (χ1v) is 11.9. The van der Waals surface area contributed by atoms with Crippen LogP contribution < -0.4 is 0 Å². The quantitative estimate of drug-likeness (QED) is 0.164. The van der Waals surface area contributed by atoms with Crippen molar-refractivity contribution in [1.29, 1.82) is 0 Å². The maximum Gasteiger partial charge on any atom is 0.327 e. The van der Waals surface area contributed by atoms with Crippen LogP contribution in [0.5, 0.6) is 0 Å². The fraction of sp³-hybridized carbons (Fsp3) is 1.00. The molecule has 0 saturated heterocycles. The summed E-state index contributed by atoms with van der Waals surface area (Å²) in [5.74, 6) is 0. The van der Waals surface area contributed by atoms with Gasteiger partial charge in [-0.25, -0.2) is 0 Å². The first kappa shape index (κ1) is 26.2. The van der Waals surface area contributed by atoms with Crippen molar-refractivity contribution in [3.8, 4) is 0 Å². The topological polar surface area (TPSA) is 158 Å². The Labute approximate surface area is 182 Å². The van der Waals surface area contributed by atoms with Gasteiger partial charge in [-0.1, -0.05) is 0 Å². The molecule has 0 atom stereocenters. The fourth-order valence-electron chi connectivity index (χ4n) is 3.97. The molecule has 0 bridgehead atoms. The van der Waals surface area contributed by atoms with E-state index in [0.29, 0.717) is 13.2 Å². The molecule has 0 aromatic carbocycles. The zero-order valence-corrected chi connectivity index (χ0v) is 18.8. The van der Waals surface area contributed by atoms with Gasteiger partial charge in [-0.2, -0.15) is 0 Å². The van der Waals surface area contributed by atoms with E-state index in [2.05, 4.69) is 0 Å². The SMILES string of the molecule is OCCOC1(C2(OP(O)O)CC2)CC1.OCCOC1(C2(OP(O)O)CC2)CC1.[Ni]. The molecule has 4 aliphatic rings. The van der Waals surface area contributed by atoms with Crippen molar-refractivity contribution in [3.63, 3.8) is 0 Å². The monoisotopic (exact) mass is 502 g/mol. The summed E-state index contributed by atoms with van der Waals surface area (Å²) in [5.41, 5.74) is -1.64. The van der Waals surface area contributed by atoms with Crippen LogP contribution in [-0.4, -0.2) is 78.6 Å². The van der Waals surface area contributed by atoms with Gasteiger partial charge in [0.15, 0.2) is 0 Å². The van der Waals surface area contributed by atoms with E-state index in [1.807, 2.05) is 0 Å². The zero-order chi connectivity index (χ0) is 20.5. The van der Waals surface area contributed by atoms with Crippen LogP contribution in [0, 0.1) is 0 Å². The number of aliphatic hydroxyl groups excluding tert-OH is 2. The number of hydrogen-bond donors (Lipinski definition) is 6. The Bertz CT molecular complexity index is 476. The van der Waals surface area contributed by atoms with Crippen LogP contribution in [0.15, 0.2) is 0 Å². The average Bonchev–Trinajstić information content (AvgIpc) is 3.47. The van der Waals surface area contributed by atoms with Crippen molar-refractivity contribution in [2.24, 2.45) is 0 Å². The van der Waals surface area contributed by atoms with Gasteiger partial charge in [-0.15, -0.1) is 0 Å². The first-order chi connectivity index (χ1) is 13.3. The molecule has 0 amide bonds. The van der Waals surface area contributed by atoms with Gasteiger partial charge in [-0.3, -0.25) is 0 Å². The summed E-state index contributed by atoms with van der Waals surface area (Å²) in [6.45, 7) is 0.565. The summed E-state index contributed by atoms with van der Waals surface area (Å²) < 4.78 is 21.3. The predicted molar refractivity (Wildman–Crippen MR) is 98.8 cm³/mol. The molecular weight excluding hydrogens is 473 g/mol. The maximum absolute atomic E-state index is 8.84. The summed E-state index contributed by atoms with van der Waals surface area (Å²) in [6.07, 6.45) is 6.81. The van der Waals surface area contributed by atoms with Crippen LogP contribution in [0.4, 0.5) is 0 Å². The molecule has 0 radical (unpaired) electrons. The molecule has 0 heterocycles. The molecule has 13 heteroatoms. The first-order valence-electron chi connectivity index (χ1n) is 9.52. The van der Waals surface area contributed by atoms with Crippen LogP contribution in [-0.2, 0) is 35.0 Å². The molecule has 174 valence electrons. The standard InChI is InChI=1S/2C8H15O5P.Ni/c2*9-5-6-12-7(1-2-7)8(3-4-8)13-14(10)11;/h2*9-11H,1-6H2;. The van der Waals surface area contributed by atoms with E-state index in [4.69, 9.17) is 48.3 Å². The molecule has 4 fully saturated rings. The van der Waals surface area contributed by atoms with Crippen LogP contribution >= 0.6 is 17.2 Å². The van der Waals surface area contributed by atoms with Crippen molar-refractivity contribution < 1.29 is 64.8 Å². The third kappa shape index (κ3) is 6.05. The molecule has 0 unspecified atom stereocenters. The number of rotatable bonds is 12. The Morgan fingerprint density at radius 1 is 0.552 bits per heavy atom. The minimum Gasteiger partial charge on any atom is -0.394 e. The van der Waals surface area contributed by atoms with Gasteiger partial charge in [0.05, 0.1) is 37.6 Å². The van der Waals surface area contributed by atoms with Gasteiger partial charge in [0, 0.05) is 16.5 Å². The van der Waals surface area contributed by atoms with E-state index in [9.17, 15) is 0 Å². The summed E-state index contributed by atoms with van der Waals surface area (Å²) in [7, 11) is -4.62. The van der Waals surface area contributed by atoms with Crippen LogP contribution in [0.1, 0.15) is 51.4 Å². The van der Waals surface area contributed by atoms with Gasteiger partial charge in [0.1, 0.15) is 11.2 Å².